The highest BCUT2D eigenvalue weighted by Crippen LogP contribution is 2.36. The van der Waals surface area contributed by atoms with Gasteiger partial charge in [0.2, 0.25) is 0 Å². The van der Waals surface area contributed by atoms with E-state index in [2.05, 4.69) is 23.4 Å². The molecule has 1 amide bonds. The van der Waals surface area contributed by atoms with Crippen LogP contribution in [0.3, 0.4) is 0 Å². The Morgan fingerprint density at radius 1 is 1.37 bits per heavy atom. The summed E-state index contributed by atoms with van der Waals surface area (Å²) < 4.78 is 3.44. The Morgan fingerprint density at radius 3 is 2.80 bits per heavy atom. The third-order valence-corrected chi connectivity index (χ3v) is 5.52. The highest BCUT2D eigenvalue weighted by atomic mass is 35.5. The van der Waals surface area contributed by atoms with Gasteiger partial charge in [-0.25, -0.2) is 4.68 Å². The number of carbonyl (C=O) groups is 1. The predicted molar refractivity (Wildman–Crippen MR) is 120 cm³/mol. The van der Waals surface area contributed by atoms with E-state index >= 15 is 0 Å². The largest absolute Gasteiger partial charge is 0.381 e. The van der Waals surface area contributed by atoms with E-state index in [-0.39, 0.29) is 16.9 Å². The van der Waals surface area contributed by atoms with Gasteiger partial charge >= 0.3 is 0 Å². The Balaban J connectivity index is 0.000000151. The minimum Gasteiger partial charge on any atom is -0.381 e. The van der Waals surface area contributed by atoms with Crippen LogP contribution in [0.1, 0.15) is 41.9 Å². The van der Waals surface area contributed by atoms with Crippen LogP contribution in [0.15, 0.2) is 35.1 Å². The van der Waals surface area contributed by atoms with Crippen molar-refractivity contribution in [2.45, 2.75) is 32.2 Å². The van der Waals surface area contributed by atoms with Crippen LogP contribution in [0.2, 0.25) is 5.02 Å². The molecular weight excluding hydrogens is 404 g/mol. The highest BCUT2D eigenvalue weighted by molar-refractivity contribution is 6.35. The molecule has 0 spiro atoms. The zero-order chi connectivity index (χ0) is 21.4. The molecule has 0 bridgehead atoms. The third kappa shape index (κ3) is 3.54. The number of hydrogen-bond donors (Lipinski definition) is 3. The number of aromatic nitrogens is 3. The number of halogens is 1. The second-order valence-corrected chi connectivity index (χ2v) is 7.69. The minimum atomic E-state index is -0.568. The van der Waals surface area contributed by atoms with Crippen molar-refractivity contribution in [3.63, 3.8) is 0 Å². The summed E-state index contributed by atoms with van der Waals surface area (Å²) in [5.74, 6) is 0.149. The van der Waals surface area contributed by atoms with Gasteiger partial charge < -0.3 is 21.4 Å². The average Bonchev–Trinajstić information content (AvgIpc) is 3.48. The van der Waals surface area contributed by atoms with E-state index in [0.29, 0.717) is 28.8 Å². The Morgan fingerprint density at radius 2 is 2.13 bits per heavy atom. The normalized spacial score (nSPS) is 14.6. The first kappa shape index (κ1) is 20.0. The van der Waals surface area contributed by atoms with Gasteiger partial charge in [0, 0.05) is 24.5 Å². The van der Waals surface area contributed by atoms with Gasteiger partial charge in [0.1, 0.15) is 11.4 Å². The third-order valence-electron chi connectivity index (χ3n) is 5.20. The summed E-state index contributed by atoms with van der Waals surface area (Å²) in [6.45, 7) is 2.73. The second kappa shape index (κ2) is 7.87. The lowest BCUT2D eigenvalue weighted by atomic mass is 10.1. The molecule has 30 heavy (non-hydrogen) atoms. The highest BCUT2D eigenvalue weighted by Gasteiger charge is 2.27. The molecule has 9 heteroatoms. The van der Waals surface area contributed by atoms with Gasteiger partial charge in [0.15, 0.2) is 5.82 Å². The number of nitrogens with one attached hydrogen (secondary N) is 1. The molecule has 156 valence electrons. The van der Waals surface area contributed by atoms with Gasteiger partial charge in [-0.05, 0) is 42.9 Å². The zero-order valence-corrected chi connectivity index (χ0v) is 17.3. The predicted octanol–water partition coefficient (Wildman–Crippen LogP) is 3.01. The molecule has 0 atom stereocenters. The van der Waals surface area contributed by atoms with Gasteiger partial charge in [-0.3, -0.25) is 9.59 Å². The van der Waals surface area contributed by atoms with Gasteiger partial charge in [0.05, 0.1) is 10.4 Å². The summed E-state index contributed by atoms with van der Waals surface area (Å²) in [4.78, 5) is 23.5. The number of pyridine rings is 1. The molecule has 5 N–H and O–H groups in total. The van der Waals surface area contributed by atoms with Gasteiger partial charge in [-0.1, -0.05) is 30.7 Å². The number of primary amides is 1. The number of amides is 1. The van der Waals surface area contributed by atoms with Crippen molar-refractivity contribution in [2.75, 3.05) is 17.6 Å². The summed E-state index contributed by atoms with van der Waals surface area (Å²) in [7, 11) is 0. The van der Waals surface area contributed by atoms with Crippen LogP contribution >= 0.6 is 11.6 Å². The molecule has 1 fully saturated rings. The lowest BCUT2D eigenvalue weighted by Gasteiger charge is -2.12. The standard InChI is InChI=1S/C14H14ClNO.C7H9N5O/c1-2-10-8-9-4-3-5-12(15)13(9)14(17)16(10)11-6-7-11;8-5-4(6(9)13)7-10-2-1-3-12(7)11-5/h3-5,8,11H,2,6-7H2,1H3;1,3,10H,2H2,(H2,8,11)(H2,9,13). The summed E-state index contributed by atoms with van der Waals surface area (Å²) in [6, 6.07) is 8.14. The first-order valence-electron chi connectivity index (χ1n) is 9.83. The van der Waals surface area contributed by atoms with Crippen molar-refractivity contribution in [3.8, 4) is 0 Å². The first-order chi connectivity index (χ1) is 14.4. The van der Waals surface area contributed by atoms with Crippen molar-refractivity contribution >= 4 is 46.1 Å². The fourth-order valence-corrected chi connectivity index (χ4v) is 3.94. The van der Waals surface area contributed by atoms with Crippen LogP contribution in [-0.4, -0.2) is 26.8 Å². The first-order valence-corrected chi connectivity index (χ1v) is 10.2. The molecule has 3 aromatic rings. The van der Waals surface area contributed by atoms with Crippen molar-refractivity contribution in [1.29, 1.82) is 0 Å². The molecule has 8 nitrogen and oxygen atoms in total. The Labute approximate surface area is 178 Å². The van der Waals surface area contributed by atoms with E-state index in [1.165, 1.54) is 4.68 Å². The molecule has 0 radical (unpaired) electrons. The fourth-order valence-electron chi connectivity index (χ4n) is 3.67. The summed E-state index contributed by atoms with van der Waals surface area (Å²) in [5, 5.41) is 9.06. The Hall–Kier alpha value is -3.26. The number of nitrogens with zero attached hydrogens (tertiary/aromatic N) is 3. The Kier molecular flexibility index (Phi) is 5.26. The average molecular weight is 427 g/mol. The summed E-state index contributed by atoms with van der Waals surface area (Å²) in [6.07, 6.45) is 6.71. The molecular formula is C21H23ClN6O2. The number of nitrogen functional groups attached to an aromatic ring is 1. The number of aryl methyl sites for hydroxylation is 1. The van der Waals surface area contributed by atoms with Crippen molar-refractivity contribution in [1.82, 2.24) is 14.3 Å². The summed E-state index contributed by atoms with van der Waals surface area (Å²) in [5.41, 5.74) is 12.1. The second-order valence-electron chi connectivity index (χ2n) is 7.28. The number of carbonyl (C=O) groups excluding carboxylic acids is 1. The van der Waals surface area contributed by atoms with Crippen molar-refractivity contribution in [3.05, 3.63) is 57.0 Å². The maximum absolute atomic E-state index is 12.5. The number of benzene rings is 1. The number of hydrogen-bond acceptors (Lipinski definition) is 5. The van der Waals surface area contributed by atoms with Crippen LogP contribution in [0.4, 0.5) is 11.6 Å². The van der Waals surface area contributed by atoms with Crippen LogP contribution in [0.5, 0.6) is 0 Å². The molecule has 0 unspecified atom stereocenters. The van der Waals surface area contributed by atoms with Gasteiger partial charge in [-0.15, -0.1) is 5.10 Å². The Bertz CT molecular complexity index is 1220. The van der Waals surface area contributed by atoms with E-state index in [1.54, 1.807) is 12.3 Å². The molecule has 1 aromatic carbocycles. The summed E-state index contributed by atoms with van der Waals surface area (Å²) >= 11 is 6.14. The quantitative estimate of drug-likeness (QED) is 0.594. The maximum atomic E-state index is 12.5. The smallest absolute Gasteiger partial charge is 0.260 e. The lowest BCUT2D eigenvalue weighted by molar-refractivity contribution is 0.100. The fraction of sp³-hybridized carbons (Fsp3) is 0.286. The van der Waals surface area contributed by atoms with E-state index in [4.69, 9.17) is 23.1 Å². The van der Waals surface area contributed by atoms with Crippen LogP contribution in [-0.2, 0) is 6.42 Å². The van der Waals surface area contributed by atoms with E-state index in [0.717, 1.165) is 30.3 Å². The molecule has 0 saturated heterocycles. The topological polar surface area (TPSA) is 121 Å². The monoisotopic (exact) mass is 426 g/mol. The molecule has 2 aromatic heterocycles. The number of nitrogens with two attached hydrogens (primary N) is 2. The van der Waals surface area contributed by atoms with Crippen LogP contribution in [0, 0.1) is 0 Å². The number of anilines is 2. The molecule has 1 saturated carbocycles. The molecule has 1 aliphatic heterocycles. The molecule has 2 aliphatic rings. The molecule has 3 heterocycles. The van der Waals surface area contributed by atoms with Gasteiger partial charge in [-0.2, -0.15) is 0 Å². The SMILES string of the molecule is CCc1cc2cccc(Cl)c2c(=O)n1C1CC1.NC(=O)c1c(N)nn2c1NCC=C2. The minimum absolute atomic E-state index is 0.0763. The zero-order valence-electron chi connectivity index (χ0n) is 16.6. The van der Waals surface area contributed by atoms with Crippen molar-refractivity contribution < 1.29 is 4.79 Å². The van der Waals surface area contributed by atoms with Crippen molar-refractivity contribution in [2.24, 2.45) is 5.73 Å². The lowest BCUT2D eigenvalue weighted by Crippen LogP contribution is -2.22. The number of fused-ring (bicyclic) bond motifs is 2. The van der Waals surface area contributed by atoms with E-state index < -0.39 is 5.91 Å². The van der Waals surface area contributed by atoms with Crippen LogP contribution < -0.4 is 22.3 Å². The van der Waals surface area contributed by atoms with E-state index in [1.807, 2.05) is 22.8 Å². The maximum Gasteiger partial charge on any atom is 0.260 e. The van der Waals surface area contributed by atoms with E-state index in [9.17, 15) is 9.59 Å². The number of rotatable bonds is 3. The molecule has 5 rings (SSSR count). The van der Waals surface area contributed by atoms with Gasteiger partial charge in [0.25, 0.3) is 11.5 Å². The van der Waals surface area contributed by atoms with Crippen LogP contribution in [0.25, 0.3) is 17.0 Å². The molecule has 1 aliphatic carbocycles.